The minimum Gasteiger partial charge on any atom is -0.432 e. The molecule has 0 bridgehead atoms. The van der Waals surface area contributed by atoms with Crippen molar-refractivity contribution in [2.75, 3.05) is 31.7 Å². The van der Waals surface area contributed by atoms with E-state index in [-0.39, 0.29) is 0 Å². The number of hydrogen-bond acceptors (Lipinski definition) is 5. The highest BCUT2D eigenvalue weighted by molar-refractivity contribution is 5.24. The smallest absolute Gasteiger partial charge is 0.297 e. The zero-order valence-corrected chi connectivity index (χ0v) is 8.69. The van der Waals surface area contributed by atoms with Crippen molar-refractivity contribution in [3.63, 3.8) is 0 Å². The first-order valence-corrected chi connectivity index (χ1v) is 4.71. The quantitative estimate of drug-likeness (QED) is 0.680. The van der Waals surface area contributed by atoms with E-state index in [1.54, 1.807) is 6.26 Å². The highest BCUT2D eigenvalue weighted by atomic mass is 16.5. The summed E-state index contributed by atoms with van der Waals surface area (Å²) in [7, 11) is 1.91. The van der Waals surface area contributed by atoms with Gasteiger partial charge in [0.1, 0.15) is 6.26 Å². The van der Waals surface area contributed by atoms with Crippen LogP contribution < -0.4 is 10.6 Å². The second-order valence-electron chi connectivity index (χ2n) is 2.94. The van der Waals surface area contributed by atoms with Crippen LogP contribution in [-0.2, 0) is 11.3 Å². The number of nitrogens with zero attached hydrogens (tertiary/aromatic N) is 2. The molecule has 0 spiro atoms. The summed E-state index contributed by atoms with van der Waals surface area (Å²) < 4.78 is 10.5. The lowest BCUT2D eigenvalue weighted by Gasteiger charge is -2.13. The third-order valence-electron chi connectivity index (χ3n) is 1.85. The van der Waals surface area contributed by atoms with Crippen LogP contribution in [-0.4, -0.2) is 31.8 Å². The van der Waals surface area contributed by atoms with Crippen LogP contribution in [0.5, 0.6) is 0 Å². The van der Waals surface area contributed by atoms with Crippen molar-refractivity contribution in [2.24, 2.45) is 5.73 Å². The zero-order chi connectivity index (χ0) is 10.4. The summed E-state index contributed by atoms with van der Waals surface area (Å²) in [6.07, 6.45) is 1.58. The van der Waals surface area contributed by atoms with E-state index in [0.717, 1.165) is 18.8 Å². The number of hydrogen-bond donors (Lipinski definition) is 1. The van der Waals surface area contributed by atoms with Gasteiger partial charge in [0.25, 0.3) is 6.01 Å². The van der Waals surface area contributed by atoms with E-state index in [2.05, 4.69) is 4.98 Å². The van der Waals surface area contributed by atoms with Crippen LogP contribution in [0, 0.1) is 0 Å². The summed E-state index contributed by atoms with van der Waals surface area (Å²) in [5.41, 5.74) is 6.19. The van der Waals surface area contributed by atoms with Gasteiger partial charge in [0, 0.05) is 26.7 Å². The van der Waals surface area contributed by atoms with Crippen LogP contribution in [0.3, 0.4) is 0 Å². The standard InChI is InChI=1S/C9H17N3O2/c1-3-13-5-4-12(2)9-11-8(6-10)7-14-9/h7H,3-6,10H2,1-2H3. The van der Waals surface area contributed by atoms with Crippen LogP contribution >= 0.6 is 0 Å². The topological polar surface area (TPSA) is 64.5 Å². The summed E-state index contributed by atoms with van der Waals surface area (Å²) in [5, 5.41) is 0. The van der Waals surface area contributed by atoms with Crippen molar-refractivity contribution in [2.45, 2.75) is 13.5 Å². The normalized spacial score (nSPS) is 10.5. The predicted molar refractivity (Wildman–Crippen MR) is 54.2 cm³/mol. The molecule has 80 valence electrons. The van der Waals surface area contributed by atoms with Gasteiger partial charge in [0.05, 0.1) is 12.3 Å². The number of rotatable bonds is 6. The van der Waals surface area contributed by atoms with Crippen molar-refractivity contribution in [1.29, 1.82) is 0 Å². The summed E-state index contributed by atoms with van der Waals surface area (Å²) >= 11 is 0. The van der Waals surface area contributed by atoms with E-state index in [1.165, 1.54) is 0 Å². The number of oxazole rings is 1. The van der Waals surface area contributed by atoms with E-state index in [0.29, 0.717) is 19.2 Å². The largest absolute Gasteiger partial charge is 0.432 e. The van der Waals surface area contributed by atoms with Crippen molar-refractivity contribution >= 4 is 6.01 Å². The highest BCUT2D eigenvalue weighted by Crippen LogP contribution is 2.10. The molecule has 1 aromatic rings. The molecule has 0 aromatic carbocycles. The van der Waals surface area contributed by atoms with Gasteiger partial charge in [0.2, 0.25) is 0 Å². The van der Waals surface area contributed by atoms with E-state index in [1.807, 2.05) is 18.9 Å². The maximum atomic E-state index is 5.42. The monoisotopic (exact) mass is 199 g/mol. The van der Waals surface area contributed by atoms with Gasteiger partial charge in [-0.25, -0.2) is 0 Å². The molecule has 0 unspecified atom stereocenters. The summed E-state index contributed by atoms with van der Waals surface area (Å²) in [5.74, 6) is 0. The fourth-order valence-electron chi connectivity index (χ4n) is 1.01. The molecule has 0 aliphatic heterocycles. The molecule has 0 aliphatic rings. The molecule has 0 amide bonds. The average molecular weight is 199 g/mol. The summed E-state index contributed by atoms with van der Waals surface area (Å²) in [6, 6.07) is 0.588. The molecule has 5 heteroatoms. The molecule has 0 saturated carbocycles. The Kier molecular flexibility index (Phi) is 4.42. The van der Waals surface area contributed by atoms with E-state index in [4.69, 9.17) is 14.9 Å². The fourth-order valence-corrected chi connectivity index (χ4v) is 1.01. The zero-order valence-electron chi connectivity index (χ0n) is 8.69. The fraction of sp³-hybridized carbons (Fsp3) is 0.667. The van der Waals surface area contributed by atoms with Gasteiger partial charge >= 0.3 is 0 Å². The lowest BCUT2D eigenvalue weighted by atomic mass is 10.5. The van der Waals surface area contributed by atoms with Crippen molar-refractivity contribution in [1.82, 2.24) is 4.98 Å². The lowest BCUT2D eigenvalue weighted by Crippen LogP contribution is -2.22. The number of nitrogens with two attached hydrogens (primary N) is 1. The number of likely N-dealkylation sites (N-methyl/N-ethyl adjacent to an activating group) is 1. The molecule has 0 fully saturated rings. The van der Waals surface area contributed by atoms with Crippen LogP contribution in [0.2, 0.25) is 0 Å². The summed E-state index contributed by atoms with van der Waals surface area (Å²) in [4.78, 5) is 6.08. The minimum absolute atomic E-state index is 0.406. The van der Waals surface area contributed by atoms with Gasteiger partial charge < -0.3 is 19.8 Å². The Labute approximate surface area is 83.8 Å². The molecule has 14 heavy (non-hydrogen) atoms. The van der Waals surface area contributed by atoms with Gasteiger partial charge in [-0.05, 0) is 6.92 Å². The van der Waals surface area contributed by atoms with Gasteiger partial charge in [-0.3, -0.25) is 0 Å². The number of ether oxygens (including phenoxy) is 1. The molecule has 1 aromatic heterocycles. The third kappa shape index (κ3) is 3.01. The Morgan fingerprint density at radius 3 is 3.00 bits per heavy atom. The minimum atomic E-state index is 0.406. The van der Waals surface area contributed by atoms with E-state index < -0.39 is 0 Å². The molecule has 1 heterocycles. The molecular formula is C9H17N3O2. The molecule has 0 saturated heterocycles. The van der Waals surface area contributed by atoms with Crippen LogP contribution in [0.25, 0.3) is 0 Å². The van der Waals surface area contributed by atoms with Gasteiger partial charge in [-0.2, -0.15) is 4.98 Å². The van der Waals surface area contributed by atoms with Crippen molar-refractivity contribution in [3.05, 3.63) is 12.0 Å². The molecule has 0 radical (unpaired) electrons. The Bertz CT molecular complexity index is 262. The maximum absolute atomic E-state index is 5.42. The van der Waals surface area contributed by atoms with Gasteiger partial charge in [0.15, 0.2) is 0 Å². The Morgan fingerprint density at radius 2 is 2.43 bits per heavy atom. The molecule has 2 N–H and O–H groups in total. The average Bonchev–Trinajstić information content (AvgIpc) is 2.66. The molecule has 5 nitrogen and oxygen atoms in total. The first-order chi connectivity index (χ1) is 6.77. The summed E-state index contributed by atoms with van der Waals surface area (Å²) in [6.45, 7) is 4.54. The lowest BCUT2D eigenvalue weighted by molar-refractivity contribution is 0.154. The Hall–Kier alpha value is -1.07. The van der Waals surface area contributed by atoms with E-state index in [9.17, 15) is 0 Å². The van der Waals surface area contributed by atoms with E-state index >= 15 is 0 Å². The van der Waals surface area contributed by atoms with Crippen LogP contribution in [0.4, 0.5) is 6.01 Å². The third-order valence-corrected chi connectivity index (χ3v) is 1.85. The first kappa shape index (κ1) is 11.0. The van der Waals surface area contributed by atoms with Crippen LogP contribution in [0.1, 0.15) is 12.6 Å². The van der Waals surface area contributed by atoms with Gasteiger partial charge in [-0.1, -0.05) is 0 Å². The van der Waals surface area contributed by atoms with Crippen molar-refractivity contribution < 1.29 is 9.15 Å². The maximum Gasteiger partial charge on any atom is 0.297 e. The molecule has 1 rings (SSSR count). The molecule has 0 aliphatic carbocycles. The highest BCUT2D eigenvalue weighted by Gasteiger charge is 2.07. The molecular weight excluding hydrogens is 182 g/mol. The first-order valence-electron chi connectivity index (χ1n) is 4.71. The van der Waals surface area contributed by atoms with Gasteiger partial charge in [-0.15, -0.1) is 0 Å². The SMILES string of the molecule is CCOCCN(C)c1nc(CN)co1. The number of aromatic nitrogens is 1. The number of anilines is 1. The second-order valence-corrected chi connectivity index (χ2v) is 2.94. The predicted octanol–water partition coefficient (Wildman–Crippen LogP) is 0.606. The van der Waals surface area contributed by atoms with Crippen molar-refractivity contribution in [3.8, 4) is 0 Å². The second kappa shape index (κ2) is 5.62. The van der Waals surface area contributed by atoms with Crippen LogP contribution in [0.15, 0.2) is 10.7 Å². The molecule has 0 atom stereocenters. The Morgan fingerprint density at radius 1 is 1.64 bits per heavy atom. The Balaban J connectivity index is 2.39.